The molecule has 0 spiro atoms. The Labute approximate surface area is 348 Å². The molecule has 61 heavy (non-hydrogen) atoms. The Balaban J connectivity index is 1.12. The fraction of sp³-hybridized carbons (Fsp3) is 0. The van der Waals surface area contributed by atoms with Crippen LogP contribution in [0.5, 0.6) is 0 Å². The van der Waals surface area contributed by atoms with Gasteiger partial charge in [-0.05, 0) is 76.1 Å². The molecule has 9 aromatic carbocycles. The summed E-state index contributed by atoms with van der Waals surface area (Å²) in [5.41, 5.74) is 9.57. The fourth-order valence-electron chi connectivity index (χ4n) is 9.27. The first kappa shape index (κ1) is 33.5. The van der Waals surface area contributed by atoms with Crippen LogP contribution in [0, 0.1) is 0 Å². The molecule has 0 atom stereocenters. The molecule has 0 aliphatic heterocycles. The molecule has 284 valence electrons. The van der Waals surface area contributed by atoms with Crippen LogP contribution >= 0.6 is 0 Å². The van der Waals surface area contributed by atoms with Crippen molar-refractivity contribution in [3.05, 3.63) is 194 Å². The molecule has 13 aromatic rings. The molecule has 4 heterocycles. The zero-order valence-corrected chi connectivity index (χ0v) is 32.6. The summed E-state index contributed by atoms with van der Waals surface area (Å²) < 4.78 is 10.8. The van der Waals surface area contributed by atoms with E-state index in [-0.39, 0.29) is 0 Å². The van der Waals surface area contributed by atoms with Crippen LogP contribution in [0.2, 0.25) is 0 Å². The van der Waals surface area contributed by atoms with Crippen molar-refractivity contribution >= 4 is 76.3 Å². The first-order valence-corrected chi connectivity index (χ1v) is 20.4. The van der Waals surface area contributed by atoms with E-state index in [1.165, 1.54) is 5.39 Å². The quantitative estimate of drug-likeness (QED) is 0.163. The average Bonchev–Trinajstić information content (AvgIpc) is 4.02. The highest BCUT2D eigenvalue weighted by atomic mass is 16.3. The Bertz CT molecular complexity index is 3850. The minimum absolute atomic E-state index is 0.544. The van der Waals surface area contributed by atoms with Crippen LogP contribution in [0.4, 0.5) is 0 Å². The van der Waals surface area contributed by atoms with Gasteiger partial charge in [-0.1, -0.05) is 140 Å². The molecular formula is C54H32N6O. The third-order valence-corrected chi connectivity index (χ3v) is 12.0. The summed E-state index contributed by atoms with van der Waals surface area (Å²) in [5, 5.41) is 9.07. The lowest BCUT2D eigenvalue weighted by molar-refractivity contribution is 0.620. The van der Waals surface area contributed by atoms with Crippen LogP contribution in [-0.4, -0.2) is 29.1 Å². The molecule has 7 heteroatoms. The van der Waals surface area contributed by atoms with Crippen molar-refractivity contribution in [2.24, 2.45) is 0 Å². The third kappa shape index (κ3) is 5.11. The third-order valence-electron chi connectivity index (χ3n) is 12.0. The van der Waals surface area contributed by atoms with E-state index in [4.69, 9.17) is 24.4 Å². The van der Waals surface area contributed by atoms with Crippen LogP contribution in [0.25, 0.3) is 122 Å². The Morgan fingerprint density at radius 2 is 0.967 bits per heavy atom. The van der Waals surface area contributed by atoms with Crippen LogP contribution < -0.4 is 0 Å². The summed E-state index contributed by atoms with van der Waals surface area (Å²) in [7, 11) is 0. The predicted molar refractivity (Wildman–Crippen MR) is 247 cm³/mol. The number of fused-ring (bicyclic) bond motifs is 11. The van der Waals surface area contributed by atoms with E-state index in [9.17, 15) is 0 Å². The fourth-order valence-corrected chi connectivity index (χ4v) is 9.27. The van der Waals surface area contributed by atoms with Crippen molar-refractivity contribution in [1.82, 2.24) is 29.1 Å². The van der Waals surface area contributed by atoms with E-state index < -0.39 is 0 Å². The van der Waals surface area contributed by atoms with E-state index in [1.807, 2.05) is 42.5 Å². The molecule has 7 nitrogen and oxygen atoms in total. The maximum absolute atomic E-state index is 6.17. The van der Waals surface area contributed by atoms with Crippen molar-refractivity contribution < 1.29 is 4.42 Å². The second-order valence-corrected chi connectivity index (χ2v) is 15.4. The number of oxazole rings is 1. The zero-order valence-electron chi connectivity index (χ0n) is 32.6. The second kappa shape index (κ2) is 13.0. The van der Waals surface area contributed by atoms with Crippen molar-refractivity contribution in [1.29, 1.82) is 0 Å². The average molecular weight is 781 g/mol. The molecule has 0 bridgehead atoms. The highest BCUT2D eigenvalue weighted by Crippen LogP contribution is 2.42. The van der Waals surface area contributed by atoms with E-state index in [0.717, 1.165) is 93.2 Å². The van der Waals surface area contributed by atoms with Crippen LogP contribution in [0.15, 0.2) is 199 Å². The van der Waals surface area contributed by atoms with Crippen LogP contribution in [0.1, 0.15) is 0 Å². The van der Waals surface area contributed by atoms with Crippen LogP contribution in [-0.2, 0) is 0 Å². The Morgan fingerprint density at radius 3 is 1.72 bits per heavy atom. The molecule has 0 amide bonds. The van der Waals surface area contributed by atoms with E-state index in [1.54, 1.807) is 0 Å². The smallest absolute Gasteiger partial charge is 0.238 e. The van der Waals surface area contributed by atoms with Gasteiger partial charge in [0.05, 0.1) is 22.1 Å². The number of nitrogens with zero attached hydrogens (tertiary/aromatic N) is 6. The van der Waals surface area contributed by atoms with Crippen LogP contribution in [0.3, 0.4) is 0 Å². The second-order valence-electron chi connectivity index (χ2n) is 15.4. The number of benzene rings is 9. The Morgan fingerprint density at radius 1 is 0.377 bits per heavy atom. The Hall–Kier alpha value is -8.42. The summed E-state index contributed by atoms with van der Waals surface area (Å²) in [6.45, 7) is 0. The lowest BCUT2D eigenvalue weighted by Gasteiger charge is -2.14. The molecule has 0 N–H and O–H groups in total. The van der Waals surface area contributed by atoms with Gasteiger partial charge in [0.15, 0.2) is 17.2 Å². The van der Waals surface area contributed by atoms with E-state index >= 15 is 0 Å². The molecule has 0 saturated heterocycles. The van der Waals surface area contributed by atoms with Gasteiger partial charge in [0.25, 0.3) is 0 Å². The molecule has 13 rings (SSSR count). The molecule has 0 saturated carbocycles. The Kier molecular flexibility index (Phi) is 7.17. The normalized spacial score (nSPS) is 11.9. The minimum Gasteiger partial charge on any atom is -0.436 e. The van der Waals surface area contributed by atoms with Gasteiger partial charge in [0, 0.05) is 43.9 Å². The predicted octanol–water partition coefficient (Wildman–Crippen LogP) is 13.5. The van der Waals surface area contributed by atoms with Crippen molar-refractivity contribution in [2.75, 3.05) is 0 Å². The van der Waals surface area contributed by atoms with Gasteiger partial charge in [-0.15, -0.1) is 0 Å². The number of hydrogen-bond donors (Lipinski definition) is 0. The highest BCUT2D eigenvalue weighted by molar-refractivity contribution is 6.23. The maximum atomic E-state index is 6.17. The van der Waals surface area contributed by atoms with Gasteiger partial charge in [-0.3, -0.25) is 4.57 Å². The molecular weight excluding hydrogens is 749 g/mol. The van der Waals surface area contributed by atoms with Crippen molar-refractivity contribution in [3.63, 3.8) is 0 Å². The molecule has 0 fully saturated rings. The SMILES string of the molecule is c1ccc(-c2nc(-c3cc4ccccc4c4ccccc34)nc(-n3c4ccccc4c4ccc5c6ccccc6n(-c6ccc(-c7nc8ccccc8o7)cc6)c5c43)n2)cc1. The molecule has 4 aromatic heterocycles. The minimum atomic E-state index is 0.544. The summed E-state index contributed by atoms with van der Waals surface area (Å²) in [5.74, 6) is 2.35. The number of rotatable bonds is 5. The maximum Gasteiger partial charge on any atom is 0.238 e. The summed E-state index contributed by atoms with van der Waals surface area (Å²) in [4.78, 5) is 20.9. The summed E-state index contributed by atoms with van der Waals surface area (Å²) in [6.07, 6.45) is 0. The molecule has 0 radical (unpaired) electrons. The molecule has 0 aliphatic rings. The number of para-hydroxylation sites is 4. The topological polar surface area (TPSA) is 74.6 Å². The summed E-state index contributed by atoms with van der Waals surface area (Å²) in [6, 6.07) is 67.5. The van der Waals surface area contributed by atoms with Gasteiger partial charge >= 0.3 is 0 Å². The lowest BCUT2D eigenvalue weighted by atomic mass is 9.97. The monoisotopic (exact) mass is 780 g/mol. The van der Waals surface area contributed by atoms with Crippen molar-refractivity contribution in [3.8, 4) is 45.9 Å². The molecule has 0 aliphatic carbocycles. The van der Waals surface area contributed by atoms with E-state index in [0.29, 0.717) is 23.5 Å². The number of aromatic nitrogens is 6. The van der Waals surface area contributed by atoms with Gasteiger partial charge in [0.2, 0.25) is 11.8 Å². The summed E-state index contributed by atoms with van der Waals surface area (Å²) >= 11 is 0. The van der Waals surface area contributed by atoms with Gasteiger partial charge in [-0.25, -0.2) is 9.97 Å². The first-order chi connectivity index (χ1) is 30.2. The first-order valence-electron chi connectivity index (χ1n) is 20.4. The zero-order chi connectivity index (χ0) is 40.0. The highest BCUT2D eigenvalue weighted by Gasteiger charge is 2.24. The van der Waals surface area contributed by atoms with Gasteiger partial charge < -0.3 is 8.98 Å². The van der Waals surface area contributed by atoms with Gasteiger partial charge in [0.1, 0.15) is 5.52 Å². The van der Waals surface area contributed by atoms with Crippen molar-refractivity contribution in [2.45, 2.75) is 0 Å². The van der Waals surface area contributed by atoms with E-state index in [2.05, 4.69) is 161 Å². The lowest BCUT2D eigenvalue weighted by Crippen LogP contribution is -2.07. The van der Waals surface area contributed by atoms with Gasteiger partial charge in [-0.2, -0.15) is 9.97 Å². The molecule has 0 unspecified atom stereocenters. The number of hydrogen-bond acceptors (Lipinski definition) is 5. The standard InChI is InChI=1S/C54H32N6O/c1-2-14-33(15-3-1)51-56-52(44-32-35-16-4-5-17-37(35)38-18-6-7-19-39(38)44)58-54(57-51)60-47-24-12-9-21-41(47)43-31-30-42-40-20-8-11-23-46(40)59(49(42)50(43)60)36-28-26-34(27-29-36)53-55-45-22-10-13-25-48(45)61-53/h1-32H. The largest absolute Gasteiger partial charge is 0.436 e.